The number of nitrogens with zero attached hydrogens (tertiary/aromatic N) is 1. The van der Waals surface area contributed by atoms with Gasteiger partial charge in [0.2, 0.25) is 11.8 Å². The molecule has 1 unspecified atom stereocenters. The minimum Gasteiger partial charge on any atom is -0.348 e. The molecule has 7 heteroatoms. The van der Waals surface area contributed by atoms with Crippen LogP contribution in [0.3, 0.4) is 0 Å². The molecule has 0 bridgehead atoms. The Morgan fingerprint density at radius 3 is 2.31 bits per heavy atom. The largest absolute Gasteiger partial charge is 0.348 e. The van der Waals surface area contributed by atoms with Crippen LogP contribution in [0, 0.1) is 0 Å². The van der Waals surface area contributed by atoms with Gasteiger partial charge in [0, 0.05) is 5.69 Å². The van der Waals surface area contributed by atoms with Gasteiger partial charge in [-0.3, -0.25) is 14.5 Å². The lowest BCUT2D eigenvalue weighted by Gasteiger charge is -2.19. The van der Waals surface area contributed by atoms with Crippen LogP contribution in [-0.4, -0.2) is 36.9 Å². The summed E-state index contributed by atoms with van der Waals surface area (Å²) in [6.45, 7) is 2.11. The second-order valence-corrected chi connectivity index (χ2v) is 6.86. The summed E-state index contributed by atoms with van der Waals surface area (Å²) in [7, 11) is 1.71. The molecule has 2 aromatic rings. The smallest absolute Gasteiger partial charge is 0.238 e. The number of hydrogen-bond acceptors (Lipinski definition) is 3. The summed E-state index contributed by atoms with van der Waals surface area (Å²) >= 11 is 11.8. The molecule has 2 amide bonds. The van der Waals surface area contributed by atoms with Crippen molar-refractivity contribution >= 4 is 40.7 Å². The minimum atomic E-state index is -0.241. The van der Waals surface area contributed by atoms with Crippen LogP contribution >= 0.6 is 23.2 Å². The maximum absolute atomic E-state index is 12.1. The normalized spacial score (nSPS) is 11.9. The molecule has 0 heterocycles. The predicted octanol–water partition coefficient (Wildman–Crippen LogP) is 3.74. The first-order valence-corrected chi connectivity index (χ1v) is 8.88. The summed E-state index contributed by atoms with van der Waals surface area (Å²) in [5.74, 6) is -0.388. The number of benzene rings is 2. The summed E-state index contributed by atoms with van der Waals surface area (Å²) in [6.07, 6.45) is 0. The van der Waals surface area contributed by atoms with Crippen LogP contribution in [0.4, 0.5) is 5.69 Å². The van der Waals surface area contributed by atoms with Crippen LogP contribution in [0.5, 0.6) is 0 Å². The number of nitrogens with one attached hydrogen (secondary N) is 2. The molecular weight excluding hydrogens is 373 g/mol. The van der Waals surface area contributed by atoms with Gasteiger partial charge in [0.15, 0.2) is 0 Å². The number of rotatable bonds is 7. The van der Waals surface area contributed by atoms with Crippen LogP contribution < -0.4 is 10.6 Å². The number of carbonyl (C=O) groups excluding carboxylic acids is 2. The first kappa shape index (κ1) is 20.2. The number of halogens is 2. The first-order chi connectivity index (χ1) is 12.3. The van der Waals surface area contributed by atoms with E-state index in [1.807, 2.05) is 37.3 Å². The second-order valence-electron chi connectivity index (χ2n) is 6.05. The van der Waals surface area contributed by atoms with Gasteiger partial charge < -0.3 is 10.6 Å². The lowest BCUT2D eigenvalue weighted by molar-refractivity contribution is -0.123. The molecule has 2 aromatic carbocycles. The zero-order chi connectivity index (χ0) is 19.1. The molecule has 26 heavy (non-hydrogen) atoms. The van der Waals surface area contributed by atoms with E-state index in [0.29, 0.717) is 15.7 Å². The summed E-state index contributed by atoms with van der Waals surface area (Å²) in [5, 5.41) is 6.43. The monoisotopic (exact) mass is 393 g/mol. The number of likely N-dealkylation sites (N-methyl/N-ethyl adjacent to an activating group) is 1. The highest BCUT2D eigenvalue weighted by Crippen LogP contribution is 2.24. The van der Waals surface area contributed by atoms with Gasteiger partial charge in [-0.1, -0.05) is 53.5 Å². The molecule has 5 nitrogen and oxygen atoms in total. The average Bonchev–Trinajstić information content (AvgIpc) is 2.58. The SMILES string of the molecule is CC(NC(=O)CN(C)CC(=O)Nc1ccc(Cl)c(Cl)c1)c1ccccc1. The molecule has 0 radical (unpaired) electrons. The molecule has 0 saturated heterocycles. The highest BCUT2D eigenvalue weighted by atomic mass is 35.5. The maximum Gasteiger partial charge on any atom is 0.238 e. The summed E-state index contributed by atoms with van der Waals surface area (Å²) < 4.78 is 0. The van der Waals surface area contributed by atoms with E-state index < -0.39 is 0 Å². The minimum absolute atomic E-state index is 0.0768. The Hall–Kier alpha value is -2.08. The van der Waals surface area contributed by atoms with Gasteiger partial charge in [0.05, 0.1) is 29.2 Å². The topological polar surface area (TPSA) is 61.4 Å². The van der Waals surface area contributed by atoms with Gasteiger partial charge in [-0.25, -0.2) is 0 Å². The van der Waals surface area contributed by atoms with Crippen LogP contribution in [-0.2, 0) is 9.59 Å². The molecule has 0 aliphatic heterocycles. The molecule has 0 spiro atoms. The van der Waals surface area contributed by atoms with E-state index in [1.54, 1.807) is 30.1 Å². The maximum atomic E-state index is 12.1. The zero-order valence-corrected chi connectivity index (χ0v) is 16.1. The quantitative estimate of drug-likeness (QED) is 0.752. The van der Waals surface area contributed by atoms with Gasteiger partial charge in [0.1, 0.15) is 0 Å². The van der Waals surface area contributed by atoms with Crippen molar-refractivity contribution in [2.75, 3.05) is 25.5 Å². The molecule has 0 fully saturated rings. The van der Waals surface area contributed by atoms with Crippen molar-refractivity contribution in [1.82, 2.24) is 10.2 Å². The van der Waals surface area contributed by atoms with E-state index in [-0.39, 0.29) is 30.9 Å². The second kappa shape index (κ2) is 9.57. The van der Waals surface area contributed by atoms with Crippen LogP contribution in [0.1, 0.15) is 18.5 Å². The molecule has 2 rings (SSSR count). The summed E-state index contributed by atoms with van der Waals surface area (Å²) in [4.78, 5) is 25.9. The fourth-order valence-corrected chi connectivity index (χ4v) is 2.73. The third kappa shape index (κ3) is 6.33. The fourth-order valence-electron chi connectivity index (χ4n) is 2.43. The Balaban J connectivity index is 1.79. The molecule has 138 valence electrons. The van der Waals surface area contributed by atoms with E-state index in [9.17, 15) is 9.59 Å². The van der Waals surface area contributed by atoms with Gasteiger partial charge in [0.25, 0.3) is 0 Å². The predicted molar refractivity (Wildman–Crippen MR) is 106 cm³/mol. The molecule has 1 atom stereocenters. The molecular formula is C19H21Cl2N3O2. The summed E-state index contributed by atoms with van der Waals surface area (Å²) in [5.41, 5.74) is 1.58. The third-order valence-electron chi connectivity index (χ3n) is 3.71. The molecule has 0 aromatic heterocycles. The van der Waals surface area contributed by atoms with Crippen molar-refractivity contribution in [3.05, 3.63) is 64.1 Å². The Kier molecular flexibility index (Phi) is 7.45. The molecule has 0 aliphatic carbocycles. The molecule has 2 N–H and O–H groups in total. The number of anilines is 1. The first-order valence-electron chi connectivity index (χ1n) is 8.13. The van der Waals surface area contributed by atoms with E-state index >= 15 is 0 Å². The zero-order valence-electron chi connectivity index (χ0n) is 14.6. The van der Waals surface area contributed by atoms with Gasteiger partial charge in [-0.15, -0.1) is 0 Å². The van der Waals surface area contributed by atoms with Crippen LogP contribution in [0.2, 0.25) is 10.0 Å². The van der Waals surface area contributed by atoms with Crippen LogP contribution in [0.15, 0.2) is 48.5 Å². The van der Waals surface area contributed by atoms with Gasteiger partial charge in [-0.2, -0.15) is 0 Å². The van der Waals surface area contributed by atoms with Crippen molar-refractivity contribution in [2.45, 2.75) is 13.0 Å². The van der Waals surface area contributed by atoms with Gasteiger partial charge >= 0.3 is 0 Å². The standard InChI is InChI=1S/C19H21Cl2N3O2/c1-13(14-6-4-3-5-7-14)22-18(25)11-24(2)12-19(26)23-15-8-9-16(20)17(21)10-15/h3-10,13H,11-12H2,1-2H3,(H,22,25)(H,23,26). The summed E-state index contributed by atoms with van der Waals surface area (Å²) in [6, 6.07) is 14.5. The lowest BCUT2D eigenvalue weighted by Crippen LogP contribution is -2.39. The van der Waals surface area contributed by atoms with Crippen molar-refractivity contribution in [1.29, 1.82) is 0 Å². The molecule has 0 aliphatic rings. The Morgan fingerprint density at radius 2 is 1.65 bits per heavy atom. The Bertz CT molecular complexity index is 769. The number of hydrogen-bond donors (Lipinski definition) is 2. The van der Waals surface area contributed by atoms with Crippen molar-refractivity contribution in [3.63, 3.8) is 0 Å². The van der Waals surface area contributed by atoms with Crippen molar-refractivity contribution < 1.29 is 9.59 Å². The van der Waals surface area contributed by atoms with E-state index in [0.717, 1.165) is 5.56 Å². The van der Waals surface area contributed by atoms with E-state index in [1.165, 1.54) is 0 Å². The van der Waals surface area contributed by atoms with Gasteiger partial charge in [-0.05, 0) is 37.7 Å². The van der Waals surface area contributed by atoms with Crippen LogP contribution in [0.25, 0.3) is 0 Å². The molecule has 0 saturated carbocycles. The third-order valence-corrected chi connectivity index (χ3v) is 4.45. The highest BCUT2D eigenvalue weighted by molar-refractivity contribution is 6.42. The van der Waals surface area contributed by atoms with Crippen molar-refractivity contribution in [3.8, 4) is 0 Å². The highest BCUT2D eigenvalue weighted by Gasteiger charge is 2.14. The number of amides is 2. The van der Waals surface area contributed by atoms with E-state index in [2.05, 4.69) is 10.6 Å². The lowest BCUT2D eigenvalue weighted by atomic mass is 10.1. The number of carbonyl (C=O) groups is 2. The van der Waals surface area contributed by atoms with E-state index in [4.69, 9.17) is 23.2 Å². The Morgan fingerprint density at radius 1 is 1.00 bits per heavy atom. The average molecular weight is 394 g/mol. The Labute approximate surface area is 163 Å². The fraction of sp³-hybridized carbons (Fsp3) is 0.263. The van der Waals surface area contributed by atoms with Crippen molar-refractivity contribution in [2.24, 2.45) is 0 Å².